The molecule has 1 aliphatic rings. The molecule has 0 saturated carbocycles. The van der Waals surface area contributed by atoms with Gasteiger partial charge in [0.25, 0.3) is 0 Å². The van der Waals surface area contributed by atoms with Gasteiger partial charge in [0.2, 0.25) is 0 Å². The SMILES string of the molecule is CCCCc1c2sc(c1CCCC)-c1ccc(s1)-c1sc(c(CCCC)c1CCCC)-c1ccc(s1)-c1sc(c(CCCC)c1CCCC)-c1ccc(s1)-c1sc(c(CCCC)c1CCCC)-c1ccc(s1)-c1sc(c(CCCC)c1CCCC)-c1ccc(s1)-c1sc(c(CCCC)c1CCCC)-c1ccc-2s1. The molecule has 0 N–H and O–H groups in total. The second kappa shape index (κ2) is 40.1. The maximum absolute atomic E-state index is 2.56. The van der Waals surface area contributed by atoms with E-state index in [1.807, 2.05) is 0 Å². The molecule has 0 saturated heterocycles. The molecular weight excluding hydrogens is 1540 g/mol. The molecule has 0 fully saturated rings. The van der Waals surface area contributed by atoms with Crippen LogP contribution in [0.2, 0.25) is 0 Å². The Morgan fingerprint density at radius 3 is 0.287 bits per heavy atom. The number of fused-ring (bicyclic) bond motifs is 36. The lowest BCUT2D eigenvalue weighted by Gasteiger charge is -2.09. The molecule has 13 rings (SSSR count). The van der Waals surface area contributed by atoms with E-state index in [2.05, 4.69) is 292 Å². The normalized spacial score (nSPS) is 12.1. The molecule has 0 amide bonds. The van der Waals surface area contributed by atoms with E-state index in [9.17, 15) is 0 Å². The first-order valence-electron chi connectivity index (χ1n) is 42.6. The highest BCUT2D eigenvalue weighted by Gasteiger charge is 2.32. The van der Waals surface area contributed by atoms with Crippen LogP contribution in [0.15, 0.2) is 72.8 Å². The van der Waals surface area contributed by atoms with Crippen LogP contribution < -0.4 is 0 Å². The van der Waals surface area contributed by atoms with Crippen molar-refractivity contribution >= 4 is 136 Å². The molecule has 12 heteroatoms. The highest BCUT2D eigenvalue weighted by molar-refractivity contribution is 7.34. The monoisotopic (exact) mass is 1660 g/mol. The highest BCUT2D eigenvalue weighted by Crippen LogP contribution is 2.59. The van der Waals surface area contributed by atoms with Crippen LogP contribution in [0.1, 0.15) is 304 Å². The summed E-state index contributed by atoms with van der Waals surface area (Å²) < 4.78 is 0. The number of rotatable bonds is 36. The Bertz CT molecular complexity index is 3780. The molecular formula is C96H120S12. The summed E-state index contributed by atoms with van der Waals surface area (Å²) in [4.78, 5) is 36.3. The standard InChI is InChI=1S/C96H120S12/c1-13-25-37-61-62(38-26-14-2)86-74-51-52-76(98-74)88-65(41-29-17-5)66(42-30-18-6)90(105-88)78-55-56-80(100-78)92-69(45-33-21-9)70(46-34-22-10)94(107-92)82-59-60-84(102-82)96-72(48-36-24-12)71(47-35-23-11)95(108-96)83-58-57-81(101-83)93-68(44-32-20-8)67(43-31-19-7)91(106-93)79-54-53-77(99-79)89-64(40-28-16-4)63(39-27-15-3)87(104-89)75-50-49-73(97-75)85(61)103-86/h49-60H,13-48H2,1-12H3. The molecule has 1 aliphatic heterocycles. The van der Waals surface area contributed by atoms with Crippen molar-refractivity contribution in [3.63, 3.8) is 0 Å². The zero-order valence-electron chi connectivity index (χ0n) is 67.3. The summed E-state index contributed by atoms with van der Waals surface area (Å²) in [7, 11) is 0. The number of unbranched alkanes of at least 4 members (excludes halogenated alkanes) is 12. The van der Waals surface area contributed by atoms with E-state index in [4.69, 9.17) is 0 Å². The summed E-state index contributed by atoms with van der Waals surface area (Å²) >= 11 is 25.5. The van der Waals surface area contributed by atoms with Gasteiger partial charge in [-0.05, 0) is 294 Å². The number of hydrogen-bond donors (Lipinski definition) is 0. The molecule has 0 spiro atoms. The van der Waals surface area contributed by atoms with E-state index in [0.717, 1.165) is 77.0 Å². The predicted molar refractivity (Wildman–Crippen MR) is 503 cm³/mol. The van der Waals surface area contributed by atoms with Crippen molar-refractivity contribution in [1.29, 1.82) is 0 Å². The second-order valence-corrected chi connectivity index (χ2v) is 43.2. The molecule has 12 aromatic heterocycles. The third kappa shape index (κ3) is 17.9. The first-order chi connectivity index (χ1) is 53.1. The van der Waals surface area contributed by atoms with Gasteiger partial charge in [-0.15, -0.1) is 136 Å². The smallest absolute Gasteiger partial charge is 0.0484 e. The molecule has 0 nitrogen and oxygen atoms in total. The van der Waals surface area contributed by atoms with E-state index in [1.54, 1.807) is 125 Å². The van der Waals surface area contributed by atoms with Crippen LogP contribution in [0, 0.1) is 0 Å². The van der Waals surface area contributed by atoms with Crippen molar-refractivity contribution in [2.75, 3.05) is 0 Å². The summed E-state index contributed by atoms with van der Waals surface area (Å²) in [6.07, 6.45) is 42.9. The third-order valence-electron chi connectivity index (χ3n) is 22.4. The third-order valence-corrected chi connectivity index (χ3v) is 38.7. The minimum atomic E-state index is 1.15. The molecule has 0 aliphatic carbocycles. The van der Waals surface area contributed by atoms with Gasteiger partial charge in [0, 0.05) is 117 Å². The Morgan fingerprint density at radius 1 is 0.130 bits per heavy atom. The van der Waals surface area contributed by atoms with Crippen LogP contribution >= 0.6 is 136 Å². The second-order valence-electron chi connectivity index (χ2n) is 30.5. The lowest BCUT2D eigenvalue weighted by molar-refractivity contribution is 0.764. The average Bonchev–Trinajstić information content (AvgIpc) is 1.61. The Labute approximate surface area is 699 Å². The molecule has 0 atom stereocenters. The number of hydrogen-bond acceptors (Lipinski definition) is 12. The zero-order valence-corrected chi connectivity index (χ0v) is 77.1. The van der Waals surface area contributed by atoms with Crippen LogP contribution in [0.5, 0.6) is 0 Å². The van der Waals surface area contributed by atoms with Gasteiger partial charge in [0.15, 0.2) is 0 Å². The molecule has 576 valence electrons. The lowest BCUT2D eigenvalue weighted by Crippen LogP contribution is -1.94. The van der Waals surface area contributed by atoms with Crippen molar-refractivity contribution in [2.24, 2.45) is 0 Å². The topological polar surface area (TPSA) is 0 Å². The highest BCUT2D eigenvalue weighted by atomic mass is 32.1. The van der Waals surface area contributed by atoms with Crippen LogP contribution in [-0.2, 0) is 77.0 Å². The van der Waals surface area contributed by atoms with Crippen molar-refractivity contribution in [2.45, 2.75) is 314 Å². The van der Waals surface area contributed by atoms with Gasteiger partial charge in [0.05, 0.1) is 0 Å². The van der Waals surface area contributed by atoms with Crippen molar-refractivity contribution in [3.05, 3.63) is 140 Å². The maximum Gasteiger partial charge on any atom is 0.0484 e. The lowest BCUT2D eigenvalue weighted by atomic mass is 9.97. The van der Waals surface area contributed by atoms with Crippen molar-refractivity contribution < 1.29 is 0 Å². The van der Waals surface area contributed by atoms with Crippen LogP contribution in [0.4, 0.5) is 0 Å². The van der Waals surface area contributed by atoms with E-state index in [1.165, 1.54) is 213 Å². The fourth-order valence-corrected chi connectivity index (χ4v) is 32.4. The van der Waals surface area contributed by atoms with Gasteiger partial charge in [-0.2, -0.15) is 0 Å². The summed E-state index contributed by atoms with van der Waals surface area (Å²) in [6.45, 7) is 28.8. The van der Waals surface area contributed by atoms with Gasteiger partial charge in [-0.3, -0.25) is 0 Å². The fourth-order valence-electron chi connectivity index (χ4n) is 16.3. The average molecular weight is 1660 g/mol. The molecule has 13 heterocycles. The number of thiophene rings is 12. The molecule has 12 aromatic rings. The first-order valence-corrected chi connectivity index (χ1v) is 52.4. The Morgan fingerprint density at radius 2 is 0.213 bits per heavy atom. The molecule has 0 radical (unpaired) electrons. The van der Waals surface area contributed by atoms with Crippen LogP contribution in [-0.4, -0.2) is 0 Å². The molecule has 24 bridgehead atoms. The summed E-state index contributed by atoms with van der Waals surface area (Å²) in [5, 5.41) is 0. The fraction of sp³-hybridized carbons (Fsp3) is 0.500. The molecule has 0 unspecified atom stereocenters. The summed E-state index contributed by atoms with van der Waals surface area (Å²) in [5.41, 5.74) is 19.7. The van der Waals surface area contributed by atoms with Crippen molar-refractivity contribution in [1.82, 2.24) is 0 Å². The first kappa shape index (κ1) is 82.4. The van der Waals surface area contributed by atoms with E-state index >= 15 is 0 Å². The van der Waals surface area contributed by atoms with Crippen LogP contribution in [0.25, 0.3) is 117 Å². The Kier molecular flexibility index (Phi) is 30.6. The van der Waals surface area contributed by atoms with Gasteiger partial charge in [0.1, 0.15) is 0 Å². The summed E-state index contributed by atoms with van der Waals surface area (Å²) in [5.74, 6) is 0. The van der Waals surface area contributed by atoms with Gasteiger partial charge in [-0.25, -0.2) is 0 Å². The largest absolute Gasteiger partial charge is 0.133 e. The van der Waals surface area contributed by atoms with Gasteiger partial charge >= 0.3 is 0 Å². The Hall–Kier alpha value is -3.60. The van der Waals surface area contributed by atoms with E-state index in [-0.39, 0.29) is 0 Å². The van der Waals surface area contributed by atoms with Crippen LogP contribution in [0.3, 0.4) is 0 Å². The molecule has 0 aromatic carbocycles. The quantitative estimate of drug-likeness (QED) is 0.0367. The zero-order chi connectivity index (χ0) is 75.2. The van der Waals surface area contributed by atoms with E-state index in [0.29, 0.717) is 0 Å². The minimum Gasteiger partial charge on any atom is -0.133 e. The van der Waals surface area contributed by atoms with Crippen molar-refractivity contribution in [3.8, 4) is 117 Å². The van der Waals surface area contributed by atoms with E-state index < -0.39 is 0 Å². The maximum atomic E-state index is 2.56. The Balaban J connectivity index is 1.04. The molecule has 108 heavy (non-hydrogen) atoms. The van der Waals surface area contributed by atoms with Gasteiger partial charge in [-0.1, -0.05) is 160 Å². The van der Waals surface area contributed by atoms with Gasteiger partial charge < -0.3 is 0 Å². The summed E-state index contributed by atoms with van der Waals surface area (Å²) in [6, 6.07) is 30.7. The predicted octanol–water partition coefficient (Wildman–Crippen LogP) is 36.9. The minimum absolute atomic E-state index is 1.15.